The molecule has 0 saturated carbocycles. The summed E-state index contributed by atoms with van der Waals surface area (Å²) in [6.07, 6.45) is 0. The number of amides is 2. The van der Waals surface area contributed by atoms with E-state index in [9.17, 15) is 9.59 Å². The summed E-state index contributed by atoms with van der Waals surface area (Å²) < 4.78 is 5.28. The molecular formula is C13H17ClN2O3. The van der Waals surface area contributed by atoms with E-state index in [0.29, 0.717) is 11.4 Å². The fourth-order valence-corrected chi connectivity index (χ4v) is 1.36. The summed E-state index contributed by atoms with van der Waals surface area (Å²) in [4.78, 5) is 22.7. The van der Waals surface area contributed by atoms with Crippen molar-refractivity contribution in [1.82, 2.24) is 5.32 Å². The predicted octanol–water partition coefficient (Wildman–Crippen LogP) is 1.62. The quantitative estimate of drug-likeness (QED) is 0.780. The number of carbonyl (C=O) groups excluding carboxylic acids is 2. The summed E-state index contributed by atoms with van der Waals surface area (Å²) in [7, 11) is 1.54. The number of likely N-dealkylation sites (N-methyl/N-ethyl adjacent to an activating group) is 1. The van der Waals surface area contributed by atoms with Crippen molar-refractivity contribution in [3.8, 4) is 5.75 Å². The molecule has 1 unspecified atom stereocenters. The highest BCUT2D eigenvalue weighted by atomic mass is 35.5. The maximum atomic E-state index is 11.7. The average Bonchev–Trinajstić information content (AvgIpc) is 2.44. The van der Waals surface area contributed by atoms with Crippen molar-refractivity contribution in [1.29, 1.82) is 0 Å². The van der Waals surface area contributed by atoms with Gasteiger partial charge >= 0.3 is 0 Å². The third-order valence-corrected chi connectivity index (χ3v) is 2.89. The maximum absolute atomic E-state index is 11.7. The molecule has 0 fully saturated rings. The zero-order valence-electron chi connectivity index (χ0n) is 10.9. The molecule has 0 heterocycles. The van der Waals surface area contributed by atoms with E-state index in [2.05, 4.69) is 10.6 Å². The Bertz CT molecular complexity index is 451. The van der Waals surface area contributed by atoms with Crippen LogP contribution < -0.4 is 15.4 Å². The molecule has 0 aliphatic rings. The largest absolute Gasteiger partial charge is 0.484 e. The Morgan fingerprint density at radius 1 is 1.42 bits per heavy atom. The average molecular weight is 285 g/mol. The standard InChI is InChI=1S/C13H17ClN2O3/c1-9(7-14)13(18)16-10-4-3-5-11(6-10)19-8-12(17)15-2/h3-6,9H,7-8H2,1-2H3,(H,15,17)(H,16,18). The van der Waals surface area contributed by atoms with E-state index >= 15 is 0 Å². The van der Waals surface area contributed by atoms with Gasteiger partial charge in [0.25, 0.3) is 5.91 Å². The summed E-state index contributed by atoms with van der Waals surface area (Å²) >= 11 is 5.61. The second kappa shape index (κ2) is 7.63. The third-order valence-electron chi connectivity index (χ3n) is 2.43. The molecule has 0 aromatic heterocycles. The first kappa shape index (κ1) is 15.3. The summed E-state index contributed by atoms with van der Waals surface area (Å²) in [5, 5.41) is 5.19. The SMILES string of the molecule is CNC(=O)COc1cccc(NC(=O)C(C)CCl)c1. The summed E-state index contributed by atoms with van der Waals surface area (Å²) in [6.45, 7) is 1.68. The minimum atomic E-state index is -0.267. The molecule has 0 bridgehead atoms. The molecule has 1 aromatic carbocycles. The number of alkyl halides is 1. The molecule has 1 aromatic rings. The van der Waals surface area contributed by atoms with Gasteiger partial charge in [-0.1, -0.05) is 13.0 Å². The molecule has 0 aliphatic carbocycles. The van der Waals surface area contributed by atoms with Gasteiger partial charge in [-0.25, -0.2) is 0 Å². The maximum Gasteiger partial charge on any atom is 0.257 e. The Morgan fingerprint density at radius 2 is 2.16 bits per heavy atom. The number of halogens is 1. The van der Waals surface area contributed by atoms with Crippen LogP contribution in [0.2, 0.25) is 0 Å². The van der Waals surface area contributed by atoms with E-state index in [0.717, 1.165) is 0 Å². The van der Waals surface area contributed by atoms with Gasteiger partial charge in [-0.05, 0) is 12.1 Å². The minimum absolute atomic E-state index is 0.0635. The Hall–Kier alpha value is -1.75. The van der Waals surface area contributed by atoms with Crippen LogP contribution in [0, 0.1) is 5.92 Å². The molecule has 6 heteroatoms. The number of anilines is 1. The van der Waals surface area contributed by atoms with Gasteiger partial charge in [0.15, 0.2) is 6.61 Å². The van der Waals surface area contributed by atoms with Crippen LogP contribution in [0.15, 0.2) is 24.3 Å². The molecule has 104 valence electrons. The topological polar surface area (TPSA) is 67.4 Å². The fourth-order valence-electron chi connectivity index (χ4n) is 1.22. The van der Waals surface area contributed by atoms with Gasteiger partial charge in [0.2, 0.25) is 5.91 Å². The number of hydrogen-bond donors (Lipinski definition) is 2. The number of nitrogens with one attached hydrogen (secondary N) is 2. The zero-order valence-corrected chi connectivity index (χ0v) is 11.7. The molecule has 1 atom stereocenters. The van der Waals surface area contributed by atoms with Crippen LogP contribution in [0.4, 0.5) is 5.69 Å². The van der Waals surface area contributed by atoms with E-state index in [1.54, 1.807) is 31.2 Å². The summed E-state index contributed by atoms with van der Waals surface area (Å²) in [6, 6.07) is 6.84. The first-order valence-electron chi connectivity index (χ1n) is 5.87. The number of carbonyl (C=O) groups is 2. The second-order valence-electron chi connectivity index (χ2n) is 4.03. The van der Waals surface area contributed by atoms with Gasteiger partial charge in [0.1, 0.15) is 5.75 Å². The van der Waals surface area contributed by atoms with Crippen molar-refractivity contribution < 1.29 is 14.3 Å². The Labute approximate surface area is 117 Å². The van der Waals surface area contributed by atoms with Crippen LogP contribution >= 0.6 is 11.6 Å². The van der Waals surface area contributed by atoms with Crippen molar-refractivity contribution in [2.24, 2.45) is 5.92 Å². The van der Waals surface area contributed by atoms with Crippen molar-refractivity contribution >= 4 is 29.1 Å². The van der Waals surface area contributed by atoms with Crippen molar-refractivity contribution in [3.05, 3.63) is 24.3 Å². The molecule has 2 N–H and O–H groups in total. The van der Waals surface area contributed by atoms with Gasteiger partial charge < -0.3 is 15.4 Å². The lowest BCUT2D eigenvalue weighted by Crippen LogP contribution is -2.25. The molecule has 2 amide bonds. The van der Waals surface area contributed by atoms with Crippen molar-refractivity contribution in [3.63, 3.8) is 0 Å². The molecule has 1 rings (SSSR count). The third kappa shape index (κ3) is 5.18. The Balaban J connectivity index is 2.61. The zero-order chi connectivity index (χ0) is 14.3. The Kier molecular flexibility index (Phi) is 6.15. The summed E-state index contributed by atoms with van der Waals surface area (Å²) in [5.74, 6) is 0.138. The van der Waals surface area contributed by atoms with Crippen LogP contribution in [0.25, 0.3) is 0 Å². The molecule has 19 heavy (non-hydrogen) atoms. The van der Waals surface area contributed by atoms with E-state index in [1.807, 2.05) is 0 Å². The van der Waals surface area contributed by atoms with Gasteiger partial charge in [0, 0.05) is 30.6 Å². The van der Waals surface area contributed by atoms with Crippen LogP contribution in [0.1, 0.15) is 6.92 Å². The molecule has 0 radical (unpaired) electrons. The number of rotatable bonds is 6. The van der Waals surface area contributed by atoms with Crippen LogP contribution in [-0.4, -0.2) is 31.3 Å². The van der Waals surface area contributed by atoms with E-state index < -0.39 is 0 Å². The lowest BCUT2D eigenvalue weighted by Gasteiger charge is -2.11. The minimum Gasteiger partial charge on any atom is -0.484 e. The normalized spacial score (nSPS) is 11.5. The van der Waals surface area contributed by atoms with Crippen molar-refractivity contribution in [2.45, 2.75) is 6.92 Å². The molecule has 5 nitrogen and oxygen atoms in total. The number of hydrogen-bond acceptors (Lipinski definition) is 3. The highest BCUT2D eigenvalue weighted by Crippen LogP contribution is 2.18. The monoisotopic (exact) mass is 284 g/mol. The summed E-state index contributed by atoms with van der Waals surface area (Å²) in [5.41, 5.74) is 0.608. The lowest BCUT2D eigenvalue weighted by atomic mass is 10.2. The molecular weight excluding hydrogens is 268 g/mol. The van der Waals surface area contributed by atoms with Gasteiger partial charge in [-0.2, -0.15) is 0 Å². The number of ether oxygens (including phenoxy) is 1. The van der Waals surface area contributed by atoms with E-state index in [4.69, 9.17) is 16.3 Å². The molecule has 0 spiro atoms. The first-order valence-corrected chi connectivity index (χ1v) is 6.40. The van der Waals surface area contributed by atoms with E-state index in [-0.39, 0.29) is 30.2 Å². The first-order chi connectivity index (χ1) is 9.06. The Morgan fingerprint density at radius 3 is 2.79 bits per heavy atom. The van der Waals surface area contributed by atoms with Crippen LogP contribution in [-0.2, 0) is 9.59 Å². The molecule has 0 saturated heterocycles. The van der Waals surface area contributed by atoms with Gasteiger partial charge in [-0.3, -0.25) is 9.59 Å². The highest BCUT2D eigenvalue weighted by Gasteiger charge is 2.11. The van der Waals surface area contributed by atoms with Crippen molar-refractivity contribution in [2.75, 3.05) is 24.9 Å². The van der Waals surface area contributed by atoms with Crippen LogP contribution in [0.5, 0.6) is 5.75 Å². The second-order valence-corrected chi connectivity index (χ2v) is 4.34. The molecule has 0 aliphatic heterocycles. The smallest absolute Gasteiger partial charge is 0.257 e. The van der Waals surface area contributed by atoms with Gasteiger partial charge in [-0.15, -0.1) is 11.6 Å². The van der Waals surface area contributed by atoms with E-state index in [1.165, 1.54) is 7.05 Å². The van der Waals surface area contributed by atoms with Gasteiger partial charge in [0.05, 0.1) is 0 Å². The number of benzene rings is 1. The van der Waals surface area contributed by atoms with Crippen LogP contribution in [0.3, 0.4) is 0 Å². The highest BCUT2D eigenvalue weighted by molar-refractivity contribution is 6.19. The predicted molar refractivity (Wildman–Crippen MR) is 74.5 cm³/mol. The lowest BCUT2D eigenvalue weighted by molar-refractivity contribution is -0.122. The fraction of sp³-hybridized carbons (Fsp3) is 0.385.